The van der Waals surface area contributed by atoms with E-state index < -0.39 is 0 Å². The van der Waals surface area contributed by atoms with Gasteiger partial charge in [0.1, 0.15) is 19.2 Å². The lowest BCUT2D eigenvalue weighted by atomic mass is 9.97. The van der Waals surface area contributed by atoms with E-state index in [2.05, 4.69) is 26.6 Å². The van der Waals surface area contributed by atoms with Crippen LogP contribution in [0.2, 0.25) is 0 Å². The van der Waals surface area contributed by atoms with Gasteiger partial charge in [0.25, 0.3) is 0 Å². The van der Waals surface area contributed by atoms with E-state index in [1.807, 2.05) is 46.3 Å². The molecule has 0 radical (unpaired) electrons. The molecule has 0 spiro atoms. The molecule has 0 amide bonds. The first-order valence-electron chi connectivity index (χ1n) is 9.69. The van der Waals surface area contributed by atoms with Gasteiger partial charge in [-0.3, -0.25) is 14.5 Å². The number of nitrogens with one attached hydrogen (secondary N) is 1. The number of ether oxygens (including phenoxy) is 1. The molecular formula is C20H23N7O2S. The number of esters is 1. The second-order valence-corrected chi connectivity index (χ2v) is 7.43. The number of aryl methyl sites for hydroxylation is 1. The van der Waals surface area contributed by atoms with Gasteiger partial charge < -0.3 is 15.0 Å². The van der Waals surface area contributed by atoms with Gasteiger partial charge in [0.15, 0.2) is 5.11 Å². The topological polar surface area (TPSA) is 90.1 Å². The van der Waals surface area contributed by atoms with Crippen LogP contribution in [0.15, 0.2) is 43.1 Å². The molecule has 1 N–H and O–H groups in total. The van der Waals surface area contributed by atoms with Gasteiger partial charge in [0.2, 0.25) is 0 Å². The lowest BCUT2D eigenvalue weighted by molar-refractivity contribution is -0.143. The van der Waals surface area contributed by atoms with Gasteiger partial charge in [-0.25, -0.2) is 4.68 Å². The molecule has 0 aliphatic carbocycles. The Kier molecular flexibility index (Phi) is 5.49. The molecule has 3 aromatic rings. The van der Waals surface area contributed by atoms with Gasteiger partial charge in [-0.1, -0.05) is 6.07 Å². The number of thiocarbonyl (C=S) groups is 1. The minimum absolute atomic E-state index is 0.0595. The van der Waals surface area contributed by atoms with Crippen molar-refractivity contribution < 1.29 is 9.53 Å². The summed E-state index contributed by atoms with van der Waals surface area (Å²) in [5, 5.41) is 11.7. The lowest BCUT2D eigenvalue weighted by Crippen LogP contribution is -2.35. The number of aromatic nitrogens is 5. The van der Waals surface area contributed by atoms with E-state index in [0.29, 0.717) is 11.7 Å². The number of carbonyl (C=O) groups excluding carboxylic acids is 1. The molecule has 0 saturated carbocycles. The molecule has 1 aliphatic rings. The maximum atomic E-state index is 12.3. The smallest absolute Gasteiger partial charge is 0.325 e. The molecule has 1 fully saturated rings. The third kappa shape index (κ3) is 3.54. The molecule has 0 aromatic carbocycles. The molecule has 3 aromatic heterocycles. The monoisotopic (exact) mass is 425 g/mol. The Labute approximate surface area is 179 Å². The number of rotatable bonds is 6. The fourth-order valence-corrected chi connectivity index (χ4v) is 4.30. The highest BCUT2D eigenvalue weighted by Gasteiger charge is 2.42. The second kappa shape index (κ2) is 8.23. The van der Waals surface area contributed by atoms with Crippen LogP contribution < -0.4 is 5.32 Å². The van der Waals surface area contributed by atoms with Crippen LogP contribution in [-0.2, 0) is 9.53 Å². The summed E-state index contributed by atoms with van der Waals surface area (Å²) >= 11 is 5.61. The Balaban J connectivity index is 1.80. The summed E-state index contributed by atoms with van der Waals surface area (Å²) in [5.74, 6) is -0.319. The summed E-state index contributed by atoms with van der Waals surface area (Å²) in [4.78, 5) is 18.7. The molecule has 2 atom stereocenters. The van der Waals surface area contributed by atoms with Crippen molar-refractivity contribution in [2.24, 2.45) is 0 Å². The van der Waals surface area contributed by atoms with E-state index in [1.165, 1.54) is 0 Å². The standard InChI is InChI=1S/C20H23N7O2S/c1-4-29-17(28)10-26-19(18(24-20(26)30)16-7-5-6-8-21-16)15-9-13(2)27(14(15)3)25-11-22-23-12-25/h5-9,11-12,18-19H,4,10H2,1-3H3,(H,24,30). The number of hydrogen-bond acceptors (Lipinski definition) is 6. The van der Waals surface area contributed by atoms with Crippen molar-refractivity contribution in [1.29, 1.82) is 0 Å². The van der Waals surface area contributed by atoms with E-state index in [0.717, 1.165) is 22.6 Å². The highest BCUT2D eigenvalue weighted by atomic mass is 32.1. The Hall–Kier alpha value is -3.27. The van der Waals surface area contributed by atoms with Crippen molar-refractivity contribution in [3.63, 3.8) is 0 Å². The summed E-state index contributed by atoms with van der Waals surface area (Å²) in [5.41, 5.74) is 3.90. The number of hydrogen-bond donors (Lipinski definition) is 1. The fraction of sp³-hybridized carbons (Fsp3) is 0.350. The molecule has 4 heterocycles. The quantitative estimate of drug-likeness (QED) is 0.473. The number of nitrogens with zero attached hydrogens (tertiary/aromatic N) is 6. The van der Waals surface area contributed by atoms with Crippen LogP contribution in [0.3, 0.4) is 0 Å². The van der Waals surface area contributed by atoms with Gasteiger partial charge in [-0.05, 0) is 51.2 Å². The first kappa shape index (κ1) is 20.0. The highest BCUT2D eigenvalue weighted by Crippen LogP contribution is 2.40. The van der Waals surface area contributed by atoms with Crippen LogP contribution >= 0.6 is 12.2 Å². The van der Waals surface area contributed by atoms with Crippen LogP contribution in [-0.4, -0.2) is 53.7 Å². The van der Waals surface area contributed by atoms with Gasteiger partial charge in [0.05, 0.1) is 24.4 Å². The minimum atomic E-state index is -0.319. The summed E-state index contributed by atoms with van der Waals surface area (Å²) in [6.07, 6.45) is 5.05. The van der Waals surface area contributed by atoms with Crippen LogP contribution in [0.25, 0.3) is 0 Å². The van der Waals surface area contributed by atoms with Gasteiger partial charge in [0, 0.05) is 23.1 Å². The summed E-state index contributed by atoms with van der Waals surface area (Å²) in [6, 6.07) is 7.44. The molecule has 156 valence electrons. The van der Waals surface area contributed by atoms with Crippen molar-refractivity contribution in [3.05, 3.63) is 65.8 Å². The van der Waals surface area contributed by atoms with Crippen molar-refractivity contribution >= 4 is 23.3 Å². The maximum Gasteiger partial charge on any atom is 0.325 e. The SMILES string of the molecule is CCOC(=O)CN1C(=S)NC(c2ccccn2)C1c1cc(C)n(-n2cnnc2)c1C. The number of carbonyl (C=O) groups is 1. The molecular weight excluding hydrogens is 402 g/mol. The van der Waals surface area contributed by atoms with Gasteiger partial charge in [-0.2, -0.15) is 0 Å². The van der Waals surface area contributed by atoms with Crippen LogP contribution in [0.5, 0.6) is 0 Å². The molecule has 0 bridgehead atoms. The van der Waals surface area contributed by atoms with Gasteiger partial charge in [-0.15, -0.1) is 10.2 Å². The summed E-state index contributed by atoms with van der Waals surface area (Å²) < 4.78 is 9.03. The normalized spacial score (nSPS) is 18.5. The molecule has 1 saturated heterocycles. The largest absolute Gasteiger partial charge is 0.465 e. The average molecular weight is 426 g/mol. The van der Waals surface area contributed by atoms with Crippen molar-refractivity contribution in [2.75, 3.05) is 13.2 Å². The third-order valence-electron chi connectivity index (χ3n) is 5.19. The summed E-state index contributed by atoms with van der Waals surface area (Å²) in [6.45, 7) is 6.22. The molecule has 1 aliphatic heterocycles. The Morgan fingerprint density at radius 1 is 1.27 bits per heavy atom. The molecule has 30 heavy (non-hydrogen) atoms. The zero-order chi connectivity index (χ0) is 21.3. The third-order valence-corrected chi connectivity index (χ3v) is 5.55. The molecule has 2 unspecified atom stereocenters. The van der Waals surface area contributed by atoms with E-state index in [9.17, 15) is 4.79 Å². The van der Waals surface area contributed by atoms with Crippen molar-refractivity contribution in [3.8, 4) is 0 Å². The van der Waals surface area contributed by atoms with Crippen molar-refractivity contribution in [1.82, 2.24) is 34.8 Å². The Bertz CT molecular complexity index is 1050. The van der Waals surface area contributed by atoms with E-state index in [1.54, 1.807) is 25.8 Å². The first-order chi connectivity index (χ1) is 14.5. The molecule has 4 rings (SSSR count). The average Bonchev–Trinajstić information content (AvgIpc) is 3.42. The van der Waals surface area contributed by atoms with E-state index >= 15 is 0 Å². The van der Waals surface area contributed by atoms with Gasteiger partial charge >= 0.3 is 5.97 Å². The summed E-state index contributed by atoms with van der Waals surface area (Å²) in [7, 11) is 0. The van der Waals surface area contributed by atoms with Crippen molar-refractivity contribution in [2.45, 2.75) is 32.9 Å². The predicted octanol–water partition coefficient (Wildman–Crippen LogP) is 1.94. The predicted molar refractivity (Wildman–Crippen MR) is 114 cm³/mol. The van der Waals surface area contributed by atoms with Crippen LogP contribution in [0, 0.1) is 13.8 Å². The van der Waals surface area contributed by atoms with Crippen LogP contribution in [0.1, 0.15) is 41.7 Å². The fourth-order valence-electron chi connectivity index (χ4n) is 3.99. The van der Waals surface area contributed by atoms with E-state index in [-0.39, 0.29) is 24.6 Å². The Morgan fingerprint density at radius 2 is 2.03 bits per heavy atom. The number of pyridine rings is 1. The Morgan fingerprint density at radius 3 is 2.70 bits per heavy atom. The molecule has 9 nitrogen and oxygen atoms in total. The first-order valence-corrected chi connectivity index (χ1v) is 10.1. The highest BCUT2D eigenvalue weighted by molar-refractivity contribution is 7.80. The van der Waals surface area contributed by atoms with Crippen LogP contribution in [0.4, 0.5) is 0 Å². The second-order valence-electron chi connectivity index (χ2n) is 7.04. The molecule has 10 heteroatoms. The minimum Gasteiger partial charge on any atom is -0.465 e. The lowest BCUT2D eigenvalue weighted by Gasteiger charge is -2.27. The van der Waals surface area contributed by atoms with E-state index in [4.69, 9.17) is 17.0 Å². The maximum absolute atomic E-state index is 12.3. The zero-order valence-electron chi connectivity index (χ0n) is 17.0. The zero-order valence-corrected chi connectivity index (χ0v) is 17.8.